The Morgan fingerprint density at radius 1 is 1.00 bits per heavy atom. The smallest absolute Gasteiger partial charge is 0.127 e. The zero-order valence-corrected chi connectivity index (χ0v) is 9.97. The molecular weight excluding hydrogens is 222 g/mol. The SMILES string of the molecule is C=CCc1ccc(Oc2ccc(C#N)cc2)cc1. The maximum atomic E-state index is 8.70. The quantitative estimate of drug-likeness (QED) is 0.748. The van der Waals surface area contributed by atoms with Crippen LogP contribution < -0.4 is 4.74 Å². The maximum absolute atomic E-state index is 8.70. The van der Waals surface area contributed by atoms with Gasteiger partial charge in [-0.1, -0.05) is 18.2 Å². The predicted octanol–water partition coefficient (Wildman–Crippen LogP) is 4.08. The van der Waals surface area contributed by atoms with Gasteiger partial charge in [-0.05, 0) is 48.4 Å². The lowest BCUT2D eigenvalue weighted by Gasteiger charge is -2.06. The highest BCUT2D eigenvalue weighted by atomic mass is 16.5. The molecule has 0 heterocycles. The molecule has 2 aromatic rings. The Bertz CT molecular complexity index is 562. The average Bonchev–Trinajstić information content (AvgIpc) is 2.42. The maximum Gasteiger partial charge on any atom is 0.127 e. The van der Waals surface area contributed by atoms with Gasteiger partial charge in [-0.15, -0.1) is 6.58 Å². The van der Waals surface area contributed by atoms with Crippen LogP contribution in [0.1, 0.15) is 11.1 Å². The summed E-state index contributed by atoms with van der Waals surface area (Å²) >= 11 is 0. The third-order valence-corrected chi connectivity index (χ3v) is 2.52. The second-order valence-corrected chi connectivity index (χ2v) is 3.87. The normalized spacial score (nSPS) is 9.50. The first-order valence-electron chi connectivity index (χ1n) is 5.69. The minimum atomic E-state index is 0.628. The average molecular weight is 235 g/mol. The van der Waals surface area contributed by atoms with E-state index in [0.717, 1.165) is 17.9 Å². The number of nitrogens with zero attached hydrogens (tertiary/aromatic N) is 1. The van der Waals surface area contributed by atoms with Crippen LogP contribution in [0.4, 0.5) is 0 Å². The fourth-order valence-electron chi connectivity index (χ4n) is 1.59. The summed E-state index contributed by atoms with van der Waals surface area (Å²) in [6.45, 7) is 3.70. The first kappa shape index (κ1) is 11.9. The van der Waals surface area contributed by atoms with Crippen molar-refractivity contribution in [2.75, 3.05) is 0 Å². The molecule has 0 saturated heterocycles. The van der Waals surface area contributed by atoms with Crippen molar-refractivity contribution in [2.45, 2.75) is 6.42 Å². The molecule has 0 aliphatic rings. The number of hydrogen-bond acceptors (Lipinski definition) is 2. The Hall–Kier alpha value is -2.53. The van der Waals surface area contributed by atoms with Gasteiger partial charge in [0.15, 0.2) is 0 Å². The number of ether oxygens (including phenoxy) is 1. The van der Waals surface area contributed by atoms with Gasteiger partial charge < -0.3 is 4.74 Å². The van der Waals surface area contributed by atoms with Gasteiger partial charge in [0.2, 0.25) is 0 Å². The van der Waals surface area contributed by atoms with E-state index in [1.807, 2.05) is 30.3 Å². The molecule has 0 aliphatic heterocycles. The van der Waals surface area contributed by atoms with Gasteiger partial charge in [-0.25, -0.2) is 0 Å². The molecule has 0 N–H and O–H groups in total. The summed E-state index contributed by atoms with van der Waals surface area (Å²) in [6.07, 6.45) is 2.73. The van der Waals surface area contributed by atoms with Crippen molar-refractivity contribution in [2.24, 2.45) is 0 Å². The van der Waals surface area contributed by atoms with Gasteiger partial charge in [0.05, 0.1) is 11.6 Å². The molecule has 0 bridgehead atoms. The fraction of sp³-hybridized carbons (Fsp3) is 0.0625. The number of nitriles is 1. The molecule has 2 nitrogen and oxygen atoms in total. The molecule has 18 heavy (non-hydrogen) atoms. The monoisotopic (exact) mass is 235 g/mol. The van der Waals surface area contributed by atoms with E-state index >= 15 is 0 Å². The van der Waals surface area contributed by atoms with E-state index in [9.17, 15) is 0 Å². The summed E-state index contributed by atoms with van der Waals surface area (Å²) in [7, 11) is 0. The van der Waals surface area contributed by atoms with Crippen molar-refractivity contribution in [3.8, 4) is 17.6 Å². The first-order chi connectivity index (χ1) is 8.81. The first-order valence-corrected chi connectivity index (χ1v) is 5.69. The lowest BCUT2D eigenvalue weighted by atomic mass is 10.1. The van der Waals surface area contributed by atoms with Crippen LogP contribution in [0.15, 0.2) is 61.2 Å². The lowest BCUT2D eigenvalue weighted by Crippen LogP contribution is -1.86. The van der Waals surface area contributed by atoms with Gasteiger partial charge in [0.25, 0.3) is 0 Å². The summed E-state index contributed by atoms with van der Waals surface area (Å²) in [5.74, 6) is 1.51. The summed E-state index contributed by atoms with van der Waals surface area (Å²) in [6, 6.07) is 17.0. The van der Waals surface area contributed by atoms with E-state index in [2.05, 4.69) is 12.6 Å². The molecule has 88 valence electrons. The molecular formula is C16H13NO. The van der Waals surface area contributed by atoms with E-state index in [4.69, 9.17) is 10.00 Å². The molecule has 0 saturated carbocycles. The zero-order chi connectivity index (χ0) is 12.8. The second-order valence-electron chi connectivity index (χ2n) is 3.87. The molecule has 2 aromatic carbocycles. The second kappa shape index (κ2) is 5.70. The minimum Gasteiger partial charge on any atom is -0.457 e. The molecule has 0 aromatic heterocycles. The third kappa shape index (κ3) is 2.99. The van der Waals surface area contributed by atoms with Gasteiger partial charge in [-0.2, -0.15) is 5.26 Å². The van der Waals surface area contributed by atoms with Gasteiger partial charge in [0, 0.05) is 0 Å². The third-order valence-electron chi connectivity index (χ3n) is 2.52. The van der Waals surface area contributed by atoms with Crippen LogP contribution in [0.25, 0.3) is 0 Å². The molecule has 2 heteroatoms. The Morgan fingerprint density at radius 3 is 2.06 bits per heavy atom. The summed E-state index contributed by atoms with van der Waals surface area (Å²) in [5, 5.41) is 8.70. The van der Waals surface area contributed by atoms with Gasteiger partial charge in [-0.3, -0.25) is 0 Å². The van der Waals surface area contributed by atoms with Crippen LogP contribution in [0.5, 0.6) is 11.5 Å². The molecule has 0 radical (unpaired) electrons. The number of allylic oxidation sites excluding steroid dienone is 1. The molecule has 0 atom stereocenters. The summed E-state index contributed by atoms with van der Waals surface area (Å²) in [5.41, 5.74) is 1.83. The van der Waals surface area contributed by atoms with Gasteiger partial charge >= 0.3 is 0 Å². The van der Waals surface area contributed by atoms with Crippen molar-refractivity contribution in [3.63, 3.8) is 0 Å². The Morgan fingerprint density at radius 2 is 1.56 bits per heavy atom. The van der Waals surface area contributed by atoms with Crippen LogP contribution >= 0.6 is 0 Å². The predicted molar refractivity (Wildman–Crippen MR) is 71.6 cm³/mol. The highest BCUT2D eigenvalue weighted by Crippen LogP contribution is 2.22. The highest BCUT2D eigenvalue weighted by molar-refractivity contribution is 5.38. The molecule has 0 spiro atoms. The molecule has 0 fully saturated rings. The van der Waals surface area contributed by atoms with E-state index in [-0.39, 0.29) is 0 Å². The van der Waals surface area contributed by atoms with Crippen LogP contribution in [-0.2, 0) is 6.42 Å². The Kier molecular flexibility index (Phi) is 3.78. The van der Waals surface area contributed by atoms with E-state index < -0.39 is 0 Å². The molecule has 0 amide bonds. The van der Waals surface area contributed by atoms with Crippen molar-refractivity contribution in [3.05, 3.63) is 72.3 Å². The lowest BCUT2D eigenvalue weighted by molar-refractivity contribution is 0.482. The van der Waals surface area contributed by atoms with Crippen LogP contribution in [0.2, 0.25) is 0 Å². The zero-order valence-electron chi connectivity index (χ0n) is 9.97. The van der Waals surface area contributed by atoms with Gasteiger partial charge in [0.1, 0.15) is 11.5 Å². The molecule has 2 rings (SSSR count). The van der Waals surface area contributed by atoms with Crippen molar-refractivity contribution in [1.82, 2.24) is 0 Å². The highest BCUT2D eigenvalue weighted by Gasteiger charge is 1.98. The van der Waals surface area contributed by atoms with Crippen molar-refractivity contribution in [1.29, 1.82) is 5.26 Å². The summed E-state index contributed by atoms with van der Waals surface area (Å²) < 4.78 is 5.68. The summed E-state index contributed by atoms with van der Waals surface area (Å²) in [4.78, 5) is 0. The molecule has 0 unspecified atom stereocenters. The van der Waals surface area contributed by atoms with Crippen molar-refractivity contribution < 1.29 is 4.74 Å². The largest absolute Gasteiger partial charge is 0.457 e. The molecule has 0 aliphatic carbocycles. The topological polar surface area (TPSA) is 33.0 Å². The Labute approximate surface area is 107 Å². The van der Waals surface area contributed by atoms with E-state index in [1.165, 1.54) is 5.56 Å². The Balaban J connectivity index is 2.08. The van der Waals surface area contributed by atoms with Crippen LogP contribution in [0.3, 0.4) is 0 Å². The van der Waals surface area contributed by atoms with E-state index in [1.54, 1.807) is 24.3 Å². The van der Waals surface area contributed by atoms with Crippen LogP contribution in [0, 0.1) is 11.3 Å². The standard InChI is InChI=1S/C16H13NO/c1-2-3-13-4-8-15(9-5-13)18-16-10-6-14(12-17)7-11-16/h2,4-11H,1,3H2. The number of hydrogen-bond donors (Lipinski definition) is 0. The fourth-order valence-corrected chi connectivity index (χ4v) is 1.59. The van der Waals surface area contributed by atoms with Crippen LogP contribution in [-0.4, -0.2) is 0 Å². The number of rotatable bonds is 4. The van der Waals surface area contributed by atoms with Crippen molar-refractivity contribution >= 4 is 0 Å². The van der Waals surface area contributed by atoms with E-state index in [0.29, 0.717) is 5.56 Å². The minimum absolute atomic E-state index is 0.628. The number of benzene rings is 2.